The van der Waals surface area contributed by atoms with E-state index >= 15 is 0 Å². The molecule has 20 heavy (non-hydrogen) atoms. The van der Waals surface area contributed by atoms with Gasteiger partial charge in [-0.15, -0.1) is 0 Å². The maximum absolute atomic E-state index is 11.6. The second-order valence-electron chi connectivity index (χ2n) is 5.35. The summed E-state index contributed by atoms with van der Waals surface area (Å²) in [5.41, 5.74) is 0. The third-order valence-corrected chi connectivity index (χ3v) is 3.68. The number of carbonyl (C=O) groups excluding carboxylic acids is 1. The van der Waals surface area contributed by atoms with Crippen LogP contribution in [0.1, 0.15) is 44.9 Å². The van der Waals surface area contributed by atoms with Crippen molar-refractivity contribution in [2.24, 2.45) is 0 Å². The largest absolute Gasteiger partial charge is 0.378 e. The van der Waals surface area contributed by atoms with Gasteiger partial charge < -0.3 is 10.1 Å². The number of rotatable bonds is 8. The minimum atomic E-state index is 0.0816. The van der Waals surface area contributed by atoms with Crippen LogP contribution in [0.2, 0.25) is 0 Å². The highest BCUT2D eigenvalue weighted by Gasteiger charge is 2.12. The topological polar surface area (TPSA) is 56.2 Å². The first-order valence-electron chi connectivity index (χ1n) is 7.70. The summed E-state index contributed by atoms with van der Waals surface area (Å²) in [6, 6.07) is 1.86. The molecule has 112 valence electrons. The number of carbonyl (C=O) groups is 1. The number of hydrogen-bond donors (Lipinski definition) is 1. The maximum Gasteiger partial charge on any atom is 0.221 e. The molecule has 0 atom stereocenters. The molecular formula is C15H25N3O2. The first-order chi connectivity index (χ1) is 9.84. The van der Waals surface area contributed by atoms with E-state index in [9.17, 15) is 4.79 Å². The van der Waals surface area contributed by atoms with E-state index in [4.69, 9.17) is 4.74 Å². The van der Waals surface area contributed by atoms with Crippen LogP contribution < -0.4 is 5.32 Å². The van der Waals surface area contributed by atoms with Gasteiger partial charge in [0.2, 0.25) is 5.91 Å². The predicted octanol–water partition coefficient (Wildman–Crippen LogP) is 2.13. The van der Waals surface area contributed by atoms with Crippen LogP contribution in [0.4, 0.5) is 0 Å². The Morgan fingerprint density at radius 3 is 2.95 bits per heavy atom. The molecule has 1 amide bonds. The molecule has 1 aromatic heterocycles. The Hall–Kier alpha value is -1.36. The van der Waals surface area contributed by atoms with Crippen molar-refractivity contribution in [3.8, 4) is 0 Å². The second kappa shape index (κ2) is 8.74. The summed E-state index contributed by atoms with van der Waals surface area (Å²) in [5, 5.41) is 6.99. The molecular weight excluding hydrogens is 254 g/mol. The molecule has 2 rings (SSSR count). The fraction of sp³-hybridized carbons (Fsp3) is 0.733. The second-order valence-corrected chi connectivity index (χ2v) is 5.35. The lowest BCUT2D eigenvalue weighted by Crippen LogP contribution is -2.27. The Morgan fingerprint density at radius 1 is 1.35 bits per heavy atom. The van der Waals surface area contributed by atoms with Crippen LogP contribution >= 0.6 is 0 Å². The quantitative estimate of drug-likeness (QED) is 0.742. The van der Waals surface area contributed by atoms with Crippen molar-refractivity contribution < 1.29 is 9.53 Å². The van der Waals surface area contributed by atoms with E-state index in [1.165, 1.54) is 32.1 Å². The first kappa shape index (κ1) is 15.0. The van der Waals surface area contributed by atoms with Crippen LogP contribution in [-0.2, 0) is 16.1 Å². The van der Waals surface area contributed by atoms with E-state index < -0.39 is 0 Å². The van der Waals surface area contributed by atoms with Crippen molar-refractivity contribution in [2.45, 2.75) is 57.6 Å². The summed E-state index contributed by atoms with van der Waals surface area (Å²) < 4.78 is 7.59. The molecule has 1 heterocycles. The molecule has 0 spiro atoms. The Morgan fingerprint density at radius 2 is 2.20 bits per heavy atom. The van der Waals surface area contributed by atoms with E-state index in [0.717, 1.165) is 13.0 Å². The van der Waals surface area contributed by atoms with Crippen molar-refractivity contribution in [3.05, 3.63) is 18.5 Å². The summed E-state index contributed by atoms with van der Waals surface area (Å²) in [4.78, 5) is 11.6. The van der Waals surface area contributed by atoms with Gasteiger partial charge in [-0.05, 0) is 25.3 Å². The highest BCUT2D eigenvalue weighted by molar-refractivity contribution is 5.75. The fourth-order valence-electron chi connectivity index (χ4n) is 2.52. The normalized spacial score (nSPS) is 16.2. The molecule has 0 saturated heterocycles. The zero-order valence-electron chi connectivity index (χ0n) is 12.1. The van der Waals surface area contributed by atoms with E-state index in [1.807, 2.05) is 12.3 Å². The van der Waals surface area contributed by atoms with Crippen LogP contribution in [0.5, 0.6) is 0 Å². The highest BCUT2D eigenvalue weighted by atomic mass is 16.5. The third kappa shape index (κ3) is 5.74. The van der Waals surface area contributed by atoms with Gasteiger partial charge in [0.1, 0.15) is 0 Å². The van der Waals surface area contributed by atoms with Gasteiger partial charge in [0.05, 0.1) is 6.10 Å². The van der Waals surface area contributed by atoms with Crippen LogP contribution in [0.25, 0.3) is 0 Å². The molecule has 1 aromatic rings. The maximum atomic E-state index is 11.6. The Labute approximate surface area is 120 Å². The molecule has 0 radical (unpaired) electrons. The standard InChI is InChI=1S/C15H25N3O2/c19-15(8-12-18-11-4-10-17-18)16-9-5-13-20-14-6-2-1-3-7-14/h4,10-11,14H,1-3,5-9,12-13H2,(H,16,19). The number of amides is 1. The summed E-state index contributed by atoms with van der Waals surface area (Å²) in [7, 11) is 0. The average Bonchev–Trinajstić information content (AvgIpc) is 2.99. The predicted molar refractivity (Wildman–Crippen MR) is 77.3 cm³/mol. The molecule has 0 aliphatic heterocycles. The lowest BCUT2D eigenvalue weighted by atomic mass is 9.98. The summed E-state index contributed by atoms with van der Waals surface area (Å²) in [5.74, 6) is 0.0816. The van der Waals surface area contributed by atoms with Gasteiger partial charge in [0.15, 0.2) is 0 Å². The molecule has 1 fully saturated rings. The fourth-order valence-corrected chi connectivity index (χ4v) is 2.52. The van der Waals surface area contributed by atoms with E-state index in [1.54, 1.807) is 10.9 Å². The van der Waals surface area contributed by atoms with Crippen molar-refractivity contribution in [2.75, 3.05) is 13.2 Å². The highest BCUT2D eigenvalue weighted by Crippen LogP contribution is 2.20. The Kier molecular flexibility index (Phi) is 6.57. The number of nitrogens with one attached hydrogen (secondary N) is 1. The molecule has 5 heteroatoms. The number of aromatic nitrogens is 2. The summed E-state index contributed by atoms with van der Waals surface area (Å²) >= 11 is 0. The van der Waals surface area contributed by atoms with Crippen LogP contribution in [-0.4, -0.2) is 34.9 Å². The first-order valence-corrected chi connectivity index (χ1v) is 7.70. The van der Waals surface area contributed by atoms with E-state index in [-0.39, 0.29) is 5.91 Å². The van der Waals surface area contributed by atoms with Crippen molar-refractivity contribution >= 4 is 5.91 Å². The van der Waals surface area contributed by atoms with Gasteiger partial charge in [0, 0.05) is 38.5 Å². The zero-order chi connectivity index (χ0) is 14.0. The summed E-state index contributed by atoms with van der Waals surface area (Å²) in [6.07, 6.45) is 11.8. The number of nitrogens with zero attached hydrogens (tertiary/aromatic N) is 2. The zero-order valence-corrected chi connectivity index (χ0v) is 12.1. The van der Waals surface area contributed by atoms with Crippen molar-refractivity contribution in [1.82, 2.24) is 15.1 Å². The lowest BCUT2D eigenvalue weighted by Gasteiger charge is -2.21. The SMILES string of the molecule is O=C(CCn1cccn1)NCCCOC1CCCCC1. The molecule has 0 aromatic carbocycles. The number of hydrogen-bond acceptors (Lipinski definition) is 3. The molecule has 5 nitrogen and oxygen atoms in total. The summed E-state index contributed by atoms with van der Waals surface area (Å²) in [6.45, 7) is 2.09. The number of aryl methyl sites for hydroxylation is 1. The Balaban J connectivity index is 1.45. The monoisotopic (exact) mass is 279 g/mol. The van der Waals surface area contributed by atoms with Gasteiger partial charge in [0.25, 0.3) is 0 Å². The Bertz CT molecular complexity index is 372. The van der Waals surface area contributed by atoms with Gasteiger partial charge >= 0.3 is 0 Å². The smallest absolute Gasteiger partial charge is 0.221 e. The van der Waals surface area contributed by atoms with Crippen molar-refractivity contribution in [1.29, 1.82) is 0 Å². The minimum absolute atomic E-state index is 0.0816. The van der Waals surface area contributed by atoms with Gasteiger partial charge in [-0.2, -0.15) is 5.10 Å². The molecule has 1 N–H and O–H groups in total. The molecule has 1 aliphatic rings. The van der Waals surface area contributed by atoms with Gasteiger partial charge in [-0.25, -0.2) is 0 Å². The third-order valence-electron chi connectivity index (χ3n) is 3.68. The van der Waals surface area contributed by atoms with Crippen molar-refractivity contribution in [3.63, 3.8) is 0 Å². The molecule has 0 bridgehead atoms. The molecule has 1 aliphatic carbocycles. The minimum Gasteiger partial charge on any atom is -0.378 e. The van der Waals surface area contributed by atoms with Gasteiger partial charge in [-0.1, -0.05) is 19.3 Å². The average molecular weight is 279 g/mol. The van der Waals surface area contributed by atoms with Crippen LogP contribution in [0.3, 0.4) is 0 Å². The van der Waals surface area contributed by atoms with Crippen LogP contribution in [0, 0.1) is 0 Å². The van der Waals surface area contributed by atoms with Gasteiger partial charge in [-0.3, -0.25) is 9.48 Å². The molecule has 1 saturated carbocycles. The number of ether oxygens (including phenoxy) is 1. The van der Waals surface area contributed by atoms with Crippen LogP contribution in [0.15, 0.2) is 18.5 Å². The van der Waals surface area contributed by atoms with E-state index in [0.29, 0.717) is 25.6 Å². The lowest BCUT2D eigenvalue weighted by molar-refractivity contribution is -0.121. The van der Waals surface area contributed by atoms with E-state index in [2.05, 4.69) is 10.4 Å². The molecule has 0 unspecified atom stereocenters.